The lowest BCUT2D eigenvalue weighted by molar-refractivity contribution is -0.181. The second-order valence-electron chi connectivity index (χ2n) is 6.71. The van der Waals surface area contributed by atoms with E-state index in [1.807, 2.05) is 11.8 Å². The van der Waals surface area contributed by atoms with Crippen LogP contribution in [-0.4, -0.2) is 79.7 Å². The van der Waals surface area contributed by atoms with E-state index in [4.69, 9.17) is 11.6 Å². The third-order valence-corrected chi connectivity index (χ3v) is 5.08. The number of hydrogen-bond acceptors (Lipinski definition) is 3. The summed E-state index contributed by atoms with van der Waals surface area (Å²) in [4.78, 5) is 20.0. The van der Waals surface area contributed by atoms with Gasteiger partial charge in [0.25, 0.3) is 5.91 Å². The summed E-state index contributed by atoms with van der Waals surface area (Å²) in [6, 6.07) is 5.33. The number of rotatable bonds is 6. The fraction of sp³-hybridized carbons (Fsp3) is 0.579. The van der Waals surface area contributed by atoms with Gasteiger partial charge in [-0.2, -0.15) is 13.2 Å². The zero-order chi connectivity index (χ0) is 21.4. The largest absolute Gasteiger partial charge is 0.403 e. The zero-order valence-electron chi connectivity index (χ0n) is 17.0. The van der Waals surface area contributed by atoms with Gasteiger partial charge in [0, 0.05) is 39.3 Å². The van der Waals surface area contributed by atoms with Gasteiger partial charge >= 0.3 is 6.18 Å². The molecule has 1 aromatic rings. The molecule has 0 radical (unpaired) electrons. The maximum atomic E-state index is 12.9. The zero-order valence-corrected chi connectivity index (χ0v) is 20.1. The summed E-state index contributed by atoms with van der Waals surface area (Å²) >= 11 is 6.01. The van der Waals surface area contributed by atoms with Crippen molar-refractivity contribution < 1.29 is 18.0 Å². The van der Waals surface area contributed by atoms with Crippen LogP contribution in [0.2, 0.25) is 5.02 Å². The Morgan fingerprint density at radius 3 is 2.40 bits per heavy atom. The van der Waals surface area contributed by atoms with E-state index in [1.165, 1.54) is 11.8 Å². The monoisotopic (exact) mass is 561 g/mol. The molecule has 1 heterocycles. The van der Waals surface area contributed by atoms with Crippen molar-refractivity contribution in [3.63, 3.8) is 0 Å². The quantitative estimate of drug-likeness (QED) is 0.242. The van der Waals surface area contributed by atoms with Gasteiger partial charge in [0.15, 0.2) is 5.96 Å². The first kappa shape index (κ1) is 26.8. The highest BCUT2D eigenvalue weighted by Gasteiger charge is 2.41. The molecule has 11 heteroatoms. The molecule has 1 unspecified atom stereocenters. The Morgan fingerprint density at radius 2 is 1.83 bits per heavy atom. The van der Waals surface area contributed by atoms with Gasteiger partial charge in [-0.05, 0) is 26.0 Å². The molecular weight excluding hydrogens is 534 g/mol. The minimum atomic E-state index is -4.22. The van der Waals surface area contributed by atoms with E-state index in [0.717, 1.165) is 0 Å². The summed E-state index contributed by atoms with van der Waals surface area (Å²) in [6.45, 7) is 5.97. The molecule has 1 saturated heterocycles. The first-order valence-corrected chi connectivity index (χ1v) is 9.98. The lowest BCUT2D eigenvalue weighted by atomic mass is 10.2. The SMILES string of the molecule is CCNC(=NCCNC(=O)c1ccccc1Cl)N1CCN(C(C)C(F)(F)F)CC1.I. The van der Waals surface area contributed by atoms with Crippen molar-refractivity contribution in [2.45, 2.75) is 26.1 Å². The maximum absolute atomic E-state index is 12.9. The van der Waals surface area contributed by atoms with Crippen LogP contribution in [-0.2, 0) is 0 Å². The van der Waals surface area contributed by atoms with Crippen LogP contribution in [0.4, 0.5) is 13.2 Å². The van der Waals surface area contributed by atoms with Crippen molar-refractivity contribution in [2.75, 3.05) is 45.8 Å². The lowest BCUT2D eigenvalue weighted by Crippen LogP contribution is -2.56. The average Bonchev–Trinajstić information content (AvgIpc) is 2.69. The Morgan fingerprint density at radius 1 is 1.20 bits per heavy atom. The second kappa shape index (κ2) is 12.6. The highest BCUT2D eigenvalue weighted by molar-refractivity contribution is 14.0. The van der Waals surface area contributed by atoms with Crippen molar-refractivity contribution in [2.24, 2.45) is 4.99 Å². The Balaban J connectivity index is 0.00000450. The molecule has 0 saturated carbocycles. The normalized spacial score (nSPS) is 16.6. The van der Waals surface area contributed by atoms with E-state index in [1.54, 1.807) is 24.3 Å². The molecule has 1 fully saturated rings. The predicted molar refractivity (Wildman–Crippen MR) is 124 cm³/mol. The fourth-order valence-corrected chi connectivity index (χ4v) is 3.25. The van der Waals surface area contributed by atoms with Crippen LogP contribution in [0, 0.1) is 0 Å². The van der Waals surface area contributed by atoms with Crippen LogP contribution < -0.4 is 10.6 Å². The number of carbonyl (C=O) groups excluding carboxylic acids is 1. The molecule has 0 bridgehead atoms. The van der Waals surface area contributed by atoms with Gasteiger partial charge in [0.05, 0.1) is 17.1 Å². The molecule has 0 aromatic heterocycles. The smallest absolute Gasteiger partial charge is 0.357 e. The minimum Gasteiger partial charge on any atom is -0.357 e. The number of carbonyl (C=O) groups is 1. The van der Waals surface area contributed by atoms with Gasteiger partial charge in [-0.15, -0.1) is 24.0 Å². The lowest BCUT2D eigenvalue weighted by Gasteiger charge is -2.39. The van der Waals surface area contributed by atoms with Crippen LogP contribution in [0.3, 0.4) is 0 Å². The molecular formula is C19H28ClF3IN5O. The summed E-state index contributed by atoms with van der Waals surface area (Å²) in [5.74, 6) is 0.365. The molecule has 1 aliphatic heterocycles. The average molecular weight is 562 g/mol. The molecule has 1 aliphatic rings. The molecule has 1 amide bonds. The predicted octanol–water partition coefficient (Wildman–Crippen LogP) is 3.22. The number of amides is 1. The van der Waals surface area contributed by atoms with E-state index in [0.29, 0.717) is 62.4 Å². The van der Waals surface area contributed by atoms with Crippen molar-refractivity contribution in [1.82, 2.24) is 20.4 Å². The third kappa shape index (κ3) is 7.77. The van der Waals surface area contributed by atoms with Crippen LogP contribution >= 0.6 is 35.6 Å². The first-order valence-electron chi connectivity index (χ1n) is 9.60. The van der Waals surface area contributed by atoms with Gasteiger partial charge in [0.1, 0.15) is 6.04 Å². The number of hydrogen-bond donors (Lipinski definition) is 2. The van der Waals surface area contributed by atoms with E-state index >= 15 is 0 Å². The molecule has 2 N–H and O–H groups in total. The molecule has 2 rings (SSSR count). The van der Waals surface area contributed by atoms with E-state index in [2.05, 4.69) is 15.6 Å². The fourth-order valence-electron chi connectivity index (χ4n) is 3.03. The molecule has 30 heavy (non-hydrogen) atoms. The summed E-state index contributed by atoms with van der Waals surface area (Å²) in [6.07, 6.45) is -4.22. The van der Waals surface area contributed by atoms with Crippen molar-refractivity contribution in [3.8, 4) is 0 Å². The number of piperazine rings is 1. The van der Waals surface area contributed by atoms with Gasteiger partial charge in [0.2, 0.25) is 0 Å². The second-order valence-corrected chi connectivity index (χ2v) is 7.12. The highest BCUT2D eigenvalue weighted by atomic mass is 127. The molecule has 0 spiro atoms. The number of halogens is 5. The van der Waals surface area contributed by atoms with Crippen molar-refractivity contribution in [1.29, 1.82) is 0 Å². The van der Waals surface area contributed by atoms with Gasteiger partial charge in [-0.3, -0.25) is 14.7 Å². The van der Waals surface area contributed by atoms with Gasteiger partial charge in [-0.1, -0.05) is 23.7 Å². The highest BCUT2D eigenvalue weighted by Crippen LogP contribution is 2.25. The molecule has 1 aromatic carbocycles. The summed E-state index contributed by atoms with van der Waals surface area (Å²) in [7, 11) is 0. The number of guanidine groups is 1. The number of benzene rings is 1. The Bertz CT molecular complexity index is 712. The Labute approximate surface area is 197 Å². The topological polar surface area (TPSA) is 60.0 Å². The third-order valence-electron chi connectivity index (χ3n) is 4.75. The van der Waals surface area contributed by atoms with Gasteiger partial charge in [-0.25, -0.2) is 0 Å². The van der Waals surface area contributed by atoms with Crippen molar-refractivity contribution in [3.05, 3.63) is 34.9 Å². The van der Waals surface area contributed by atoms with Gasteiger partial charge < -0.3 is 15.5 Å². The van der Waals surface area contributed by atoms with Crippen LogP contribution in [0.1, 0.15) is 24.2 Å². The summed E-state index contributed by atoms with van der Waals surface area (Å²) in [5, 5.41) is 6.31. The molecule has 1 atom stereocenters. The standard InChI is InChI=1S/C19H27ClF3N5O.HI/c1-3-24-18(28-12-10-27(11-13-28)14(2)19(21,22)23)26-9-8-25-17(29)15-6-4-5-7-16(15)20;/h4-7,14H,3,8-13H2,1-2H3,(H,24,26)(H,25,29);1H. The number of nitrogens with zero attached hydrogens (tertiary/aromatic N) is 3. The Hall–Kier alpha value is -1.27. The van der Waals surface area contributed by atoms with Crippen LogP contribution in [0.25, 0.3) is 0 Å². The summed E-state index contributed by atoms with van der Waals surface area (Å²) in [5.41, 5.74) is 0.403. The minimum absolute atomic E-state index is 0. The Kier molecular flexibility index (Phi) is 11.2. The maximum Gasteiger partial charge on any atom is 0.403 e. The van der Waals surface area contributed by atoms with E-state index < -0.39 is 12.2 Å². The molecule has 170 valence electrons. The number of alkyl halides is 3. The first-order chi connectivity index (χ1) is 13.7. The van der Waals surface area contributed by atoms with Crippen molar-refractivity contribution >= 4 is 47.4 Å². The summed E-state index contributed by atoms with van der Waals surface area (Å²) < 4.78 is 38.7. The van der Waals surface area contributed by atoms with Crippen LogP contribution in [0.15, 0.2) is 29.3 Å². The van der Waals surface area contributed by atoms with E-state index in [9.17, 15) is 18.0 Å². The molecule has 0 aliphatic carbocycles. The van der Waals surface area contributed by atoms with E-state index in [-0.39, 0.29) is 29.9 Å². The number of nitrogens with one attached hydrogen (secondary N) is 2. The van der Waals surface area contributed by atoms with Crippen LogP contribution in [0.5, 0.6) is 0 Å². The molecule has 6 nitrogen and oxygen atoms in total. The number of aliphatic imine (C=N–C) groups is 1.